The SMILES string of the molecule is CC(=O)N1CC=C(c2cnc3nc(C)nc(NC(C)c4cc(N)cc(C(F)(F)F)c4)c3c2)CC1. The molecule has 0 saturated heterocycles. The van der Waals surface area contributed by atoms with Crippen LogP contribution in [0.5, 0.6) is 0 Å². The Morgan fingerprint density at radius 3 is 2.62 bits per heavy atom. The number of nitrogens with two attached hydrogens (primary N) is 1. The maximum Gasteiger partial charge on any atom is 0.416 e. The van der Waals surface area contributed by atoms with Gasteiger partial charge in [0, 0.05) is 31.9 Å². The Hall–Kier alpha value is -3.69. The topological polar surface area (TPSA) is 97.0 Å². The molecule has 0 bridgehead atoms. The largest absolute Gasteiger partial charge is 0.416 e. The second-order valence-electron chi connectivity index (χ2n) is 8.41. The van der Waals surface area contributed by atoms with Gasteiger partial charge in [-0.05, 0) is 61.2 Å². The van der Waals surface area contributed by atoms with Gasteiger partial charge in [0.25, 0.3) is 0 Å². The number of halogens is 3. The minimum Gasteiger partial charge on any atom is -0.399 e. The zero-order chi connectivity index (χ0) is 24.6. The van der Waals surface area contributed by atoms with E-state index in [2.05, 4.69) is 20.3 Å². The Balaban J connectivity index is 1.68. The fraction of sp³-hybridized carbons (Fsp3) is 0.333. The lowest BCUT2D eigenvalue weighted by Crippen LogP contribution is -2.32. The molecule has 2 aromatic heterocycles. The fourth-order valence-corrected chi connectivity index (χ4v) is 4.00. The molecule has 0 fully saturated rings. The number of pyridine rings is 1. The molecule has 34 heavy (non-hydrogen) atoms. The van der Waals surface area contributed by atoms with Crippen LogP contribution in [0.1, 0.15) is 48.8 Å². The van der Waals surface area contributed by atoms with Gasteiger partial charge in [-0.1, -0.05) is 6.08 Å². The smallest absolute Gasteiger partial charge is 0.399 e. The van der Waals surface area contributed by atoms with Gasteiger partial charge in [0.1, 0.15) is 11.6 Å². The van der Waals surface area contributed by atoms with Crippen molar-refractivity contribution in [2.24, 2.45) is 0 Å². The van der Waals surface area contributed by atoms with E-state index >= 15 is 0 Å². The van der Waals surface area contributed by atoms with Crippen molar-refractivity contribution in [3.05, 3.63) is 59.1 Å². The first kappa shape index (κ1) is 23.5. The number of fused-ring (bicyclic) bond motifs is 1. The molecule has 0 saturated carbocycles. The molecule has 0 aliphatic carbocycles. The molecule has 4 rings (SSSR count). The quantitative estimate of drug-likeness (QED) is 0.535. The minimum absolute atomic E-state index is 0.0338. The summed E-state index contributed by atoms with van der Waals surface area (Å²) in [7, 11) is 0. The summed E-state index contributed by atoms with van der Waals surface area (Å²) in [6, 6.07) is 4.93. The molecule has 3 aromatic rings. The van der Waals surface area contributed by atoms with Gasteiger partial charge in [-0.2, -0.15) is 13.2 Å². The van der Waals surface area contributed by atoms with Crippen molar-refractivity contribution in [2.75, 3.05) is 24.1 Å². The summed E-state index contributed by atoms with van der Waals surface area (Å²) in [4.78, 5) is 26.7. The van der Waals surface area contributed by atoms with E-state index < -0.39 is 17.8 Å². The molecule has 10 heteroatoms. The molecular formula is C24H25F3N6O. The minimum atomic E-state index is -4.49. The van der Waals surface area contributed by atoms with Crippen LogP contribution in [0, 0.1) is 6.92 Å². The number of aryl methyl sites for hydroxylation is 1. The molecule has 0 spiro atoms. The summed E-state index contributed by atoms with van der Waals surface area (Å²) in [5.41, 5.74) is 7.81. The van der Waals surface area contributed by atoms with E-state index in [1.165, 1.54) is 6.07 Å². The summed E-state index contributed by atoms with van der Waals surface area (Å²) in [6.07, 6.45) is -0.0522. The third-order valence-electron chi connectivity index (χ3n) is 5.85. The number of anilines is 2. The number of nitrogen functional groups attached to an aromatic ring is 1. The molecule has 1 aliphatic heterocycles. The lowest BCUT2D eigenvalue weighted by Gasteiger charge is -2.25. The molecule has 1 amide bonds. The van der Waals surface area contributed by atoms with E-state index in [0.717, 1.165) is 23.3 Å². The van der Waals surface area contributed by atoms with E-state index in [-0.39, 0.29) is 11.6 Å². The second-order valence-corrected chi connectivity index (χ2v) is 8.41. The number of benzene rings is 1. The number of amides is 1. The van der Waals surface area contributed by atoms with Crippen LogP contribution in [-0.4, -0.2) is 38.8 Å². The second kappa shape index (κ2) is 8.92. The third kappa shape index (κ3) is 4.95. The van der Waals surface area contributed by atoms with Gasteiger partial charge in [-0.15, -0.1) is 0 Å². The zero-order valence-corrected chi connectivity index (χ0v) is 19.1. The average molecular weight is 470 g/mol. The first-order valence-electron chi connectivity index (χ1n) is 10.8. The van der Waals surface area contributed by atoms with Gasteiger partial charge in [0.05, 0.1) is 17.0 Å². The van der Waals surface area contributed by atoms with Crippen LogP contribution in [-0.2, 0) is 11.0 Å². The Kier molecular flexibility index (Phi) is 6.16. The number of rotatable bonds is 4. The molecule has 7 nitrogen and oxygen atoms in total. The molecule has 1 atom stereocenters. The van der Waals surface area contributed by atoms with Crippen LogP contribution >= 0.6 is 0 Å². The van der Waals surface area contributed by atoms with Crippen molar-refractivity contribution >= 4 is 34.0 Å². The highest BCUT2D eigenvalue weighted by atomic mass is 19.4. The van der Waals surface area contributed by atoms with E-state index in [4.69, 9.17) is 5.73 Å². The van der Waals surface area contributed by atoms with Crippen molar-refractivity contribution in [2.45, 2.75) is 39.4 Å². The van der Waals surface area contributed by atoms with Gasteiger partial charge in [0.2, 0.25) is 5.91 Å². The number of hydrogen-bond donors (Lipinski definition) is 2. The molecule has 1 aromatic carbocycles. The van der Waals surface area contributed by atoms with Crippen LogP contribution < -0.4 is 11.1 Å². The van der Waals surface area contributed by atoms with Crippen molar-refractivity contribution in [3.8, 4) is 0 Å². The molecule has 3 N–H and O–H groups in total. The number of nitrogens with one attached hydrogen (secondary N) is 1. The predicted octanol–water partition coefficient (Wildman–Crippen LogP) is 4.74. The maximum atomic E-state index is 13.3. The van der Waals surface area contributed by atoms with Gasteiger partial charge in [0.15, 0.2) is 5.65 Å². The molecule has 1 aliphatic rings. The van der Waals surface area contributed by atoms with Crippen molar-refractivity contribution in [1.29, 1.82) is 0 Å². The van der Waals surface area contributed by atoms with E-state index in [1.54, 1.807) is 31.9 Å². The van der Waals surface area contributed by atoms with Crippen LogP contribution in [0.3, 0.4) is 0 Å². The first-order valence-corrected chi connectivity index (χ1v) is 10.8. The molecule has 178 valence electrons. The Labute approximate surface area is 194 Å². The summed E-state index contributed by atoms with van der Waals surface area (Å²) < 4.78 is 39.8. The monoisotopic (exact) mass is 470 g/mol. The zero-order valence-electron chi connectivity index (χ0n) is 19.1. The van der Waals surface area contributed by atoms with Crippen LogP contribution in [0.2, 0.25) is 0 Å². The molecule has 0 radical (unpaired) electrons. The highest BCUT2D eigenvalue weighted by Gasteiger charge is 2.31. The normalized spacial score (nSPS) is 15.2. The number of aromatic nitrogens is 3. The number of carbonyl (C=O) groups excluding carboxylic acids is 1. The standard InChI is InChI=1S/C24H25F3N6O/c1-13(17-8-19(24(25,26)27)11-20(28)9-17)30-23-21-10-18(12-29-22(21)31-14(2)32-23)16-4-6-33(7-5-16)15(3)34/h4,8-13H,5-7,28H2,1-3H3,(H,29,30,31,32). The van der Waals surface area contributed by atoms with Crippen LogP contribution in [0.25, 0.3) is 16.6 Å². The molecule has 3 heterocycles. The number of alkyl halides is 3. The van der Waals surface area contributed by atoms with Gasteiger partial charge in [-0.3, -0.25) is 4.79 Å². The van der Waals surface area contributed by atoms with E-state index in [1.807, 2.05) is 12.1 Å². The summed E-state index contributed by atoms with van der Waals surface area (Å²) in [6.45, 7) is 6.19. The Morgan fingerprint density at radius 2 is 1.97 bits per heavy atom. The Bertz CT molecular complexity index is 1290. The summed E-state index contributed by atoms with van der Waals surface area (Å²) in [5.74, 6) is 0.994. The van der Waals surface area contributed by atoms with Crippen molar-refractivity contribution < 1.29 is 18.0 Å². The van der Waals surface area contributed by atoms with Gasteiger partial charge >= 0.3 is 6.18 Å². The molecule has 1 unspecified atom stereocenters. The summed E-state index contributed by atoms with van der Waals surface area (Å²) >= 11 is 0. The highest BCUT2D eigenvalue weighted by Crippen LogP contribution is 2.34. The maximum absolute atomic E-state index is 13.3. The lowest BCUT2D eigenvalue weighted by molar-refractivity contribution is -0.137. The van der Waals surface area contributed by atoms with E-state index in [0.29, 0.717) is 47.7 Å². The fourth-order valence-electron chi connectivity index (χ4n) is 4.00. The van der Waals surface area contributed by atoms with Gasteiger partial charge in [-0.25, -0.2) is 15.0 Å². The average Bonchev–Trinajstić information content (AvgIpc) is 2.77. The van der Waals surface area contributed by atoms with Crippen LogP contribution in [0.4, 0.5) is 24.7 Å². The van der Waals surface area contributed by atoms with Crippen molar-refractivity contribution in [3.63, 3.8) is 0 Å². The van der Waals surface area contributed by atoms with Gasteiger partial charge < -0.3 is 16.0 Å². The predicted molar refractivity (Wildman–Crippen MR) is 125 cm³/mol. The Morgan fingerprint density at radius 1 is 1.21 bits per heavy atom. The van der Waals surface area contributed by atoms with Crippen molar-refractivity contribution in [1.82, 2.24) is 19.9 Å². The number of hydrogen-bond acceptors (Lipinski definition) is 6. The molecular weight excluding hydrogens is 445 g/mol. The lowest BCUT2D eigenvalue weighted by atomic mass is 10.00. The number of carbonyl (C=O) groups is 1. The third-order valence-corrected chi connectivity index (χ3v) is 5.85. The summed E-state index contributed by atoms with van der Waals surface area (Å²) in [5, 5.41) is 3.87. The van der Waals surface area contributed by atoms with E-state index in [9.17, 15) is 18.0 Å². The van der Waals surface area contributed by atoms with Crippen LogP contribution in [0.15, 0.2) is 36.5 Å². The number of nitrogens with zero attached hydrogens (tertiary/aromatic N) is 4. The highest BCUT2D eigenvalue weighted by molar-refractivity contribution is 5.89. The first-order chi connectivity index (χ1) is 16.0.